The normalized spacial score (nSPS) is 20.8. The van der Waals surface area contributed by atoms with Crippen molar-refractivity contribution in [3.8, 4) is 0 Å². The van der Waals surface area contributed by atoms with Gasteiger partial charge in [-0.1, -0.05) is 24.3 Å². The van der Waals surface area contributed by atoms with Gasteiger partial charge in [-0.3, -0.25) is 14.9 Å². The molecule has 1 aliphatic rings. The number of carbonyl (C=O) groups excluding carboxylic acids is 1. The van der Waals surface area contributed by atoms with E-state index >= 15 is 0 Å². The maximum Gasteiger partial charge on any atom is 0.272 e. The quantitative estimate of drug-likeness (QED) is 0.665. The summed E-state index contributed by atoms with van der Waals surface area (Å²) in [5.74, 6) is 0.0610. The first-order chi connectivity index (χ1) is 12.2. The summed E-state index contributed by atoms with van der Waals surface area (Å²) in [5.41, 5.74) is 2.18. The first-order valence-corrected chi connectivity index (χ1v) is 8.52. The summed E-state index contributed by atoms with van der Waals surface area (Å²) in [4.78, 5) is 17.1. The molecule has 128 valence electrons. The lowest BCUT2D eigenvalue weighted by Crippen LogP contribution is -2.48. The number of rotatable bonds is 5. The molecule has 1 atom stereocenters. The molecule has 2 aromatic heterocycles. The predicted molar refractivity (Wildman–Crippen MR) is 94.0 cm³/mol. The van der Waals surface area contributed by atoms with Gasteiger partial charge in [-0.05, 0) is 37.0 Å². The summed E-state index contributed by atoms with van der Waals surface area (Å²) in [6.07, 6.45) is 3.55. The van der Waals surface area contributed by atoms with Crippen LogP contribution in [0.5, 0.6) is 0 Å². The molecule has 25 heavy (non-hydrogen) atoms. The fraction of sp³-hybridized carbons (Fsp3) is 0.316. The second kappa shape index (κ2) is 6.64. The predicted octanol–water partition coefficient (Wildman–Crippen LogP) is 2.07. The van der Waals surface area contributed by atoms with Crippen LogP contribution in [0, 0.1) is 5.92 Å². The van der Waals surface area contributed by atoms with Gasteiger partial charge in [0.2, 0.25) is 0 Å². The highest BCUT2D eigenvalue weighted by atomic mass is 16.3. The molecule has 1 amide bonds. The molecular formula is C19H20N4O2. The number of pyridine rings is 1. The van der Waals surface area contributed by atoms with Gasteiger partial charge in [0.1, 0.15) is 0 Å². The third-order valence-electron chi connectivity index (χ3n) is 4.88. The van der Waals surface area contributed by atoms with Gasteiger partial charge in [-0.15, -0.1) is 0 Å². The van der Waals surface area contributed by atoms with Gasteiger partial charge in [0, 0.05) is 29.7 Å². The lowest BCUT2D eigenvalue weighted by atomic mass is 9.76. The van der Waals surface area contributed by atoms with Crippen molar-refractivity contribution in [3.63, 3.8) is 0 Å². The number of H-pyrrole nitrogens is 1. The fourth-order valence-electron chi connectivity index (χ4n) is 3.41. The van der Waals surface area contributed by atoms with Crippen LogP contribution in [0.4, 0.5) is 0 Å². The number of aromatic nitrogens is 3. The van der Waals surface area contributed by atoms with Crippen LogP contribution in [0.3, 0.4) is 0 Å². The lowest BCUT2D eigenvalue weighted by Gasteiger charge is -2.38. The van der Waals surface area contributed by atoms with Gasteiger partial charge in [0.25, 0.3) is 5.91 Å². The Morgan fingerprint density at radius 3 is 2.80 bits per heavy atom. The number of benzene rings is 1. The number of carbonyl (C=O) groups is 1. The van der Waals surface area contributed by atoms with Crippen LogP contribution in [0.2, 0.25) is 0 Å². The standard InChI is InChI=1S/C19H20N4O2/c24-14-9-12(10-14)17(11-13-5-3-4-8-20-13)21-19(25)18-15-6-1-2-7-16(15)22-23-18/h1-8,12,14,17,24H,9-11H2,(H,21,25)(H,22,23). The largest absolute Gasteiger partial charge is 0.393 e. The lowest BCUT2D eigenvalue weighted by molar-refractivity contribution is 0.0237. The molecule has 0 bridgehead atoms. The molecule has 1 fully saturated rings. The SMILES string of the molecule is O=C(NC(Cc1ccccn1)C1CC(O)C1)c1n[nH]c2ccccc12. The molecule has 6 heteroatoms. The smallest absolute Gasteiger partial charge is 0.272 e. The monoisotopic (exact) mass is 336 g/mol. The van der Waals surface area contributed by atoms with Crippen LogP contribution in [0.1, 0.15) is 29.0 Å². The third-order valence-corrected chi connectivity index (χ3v) is 4.88. The second-order valence-corrected chi connectivity index (χ2v) is 6.61. The van der Waals surface area contributed by atoms with Crippen molar-refractivity contribution in [1.82, 2.24) is 20.5 Å². The second-order valence-electron chi connectivity index (χ2n) is 6.61. The molecule has 2 heterocycles. The van der Waals surface area contributed by atoms with Gasteiger partial charge < -0.3 is 10.4 Å². The Bertz CT molecular complexity index is 871. The fourth-order valence-corrected chi connectivity index (χ4v) is 3.41. The molecule has 0 saturated heterocycles. The minimum absolute atomic E-state index is 0.0683. The summed E-state index contributed by atoms with van der Waals surface area (Å²) in [6.45, 7) is 0. The van der Waals surface area contributed by atoms with E-state index in [1.165, 1.54) is 0 Å². The highest BCUT2D eigenvalue weighted by Crippen LogP contribution is 2.31. The van der Waals surface area contributed by atoms with Gasteiger partial charge >= 0.3 is 0 Å². The number of nitrogens with zero attached hydrogens (tertiary/aromatic N) is 2. The summed E-state index contributed by atoms with van der Waals surface area (Å²) < 4.78 is 0. The van der Waals surface area contributed by atoms with E-state index in [2.05, 4.69) is 20.5 Å². The number of hydrogen-bond donors (Lipinski definition) is 3. The number of para-hydroxylation sites is 1. The molecule has 3 N–H and O–H groups in total. The van der Waals surface area contributed by atoms with Crippen molar-refractivity contribution < 1.29 is 9.90 Å². The van der Waals surface area contributed by atoms with Crippen molar-refractivity contribution >= 4 is 16.8 Å². The first kappa shape index (κ1) is 15.8. The van der Waals surface area contributed by atoms with Crippen LogP contribution >= 0.6 is 0 Å². The van der Waals surface area contributed by atoms with E-state index in [-0.39, 0.29) is 24.0 Å². The first-order valence-electron chi connectivity index (χ1n) is 8.52. The van der Waals surface area contributed by atoms with Crippen LogP contribution in [0.25, 0.3) is 10.9 Å². The van der Waals surface area contributed by atoms with Crippen LogP contribution in [-0.2, 0) is 6.42 Å². The van der Waals surface area contributed by atoms with Crippen LogP contribution in [0.15, 0.2) is 48.7 Å². The van der Waals surface area contributed by atoms with Crippen molar-refractivity contribution in [2.24, 2.45) is 5.92 Å². The average Bonchev–Trinajstić information content (AvgIpc) is 3.03. The summed E-state index contributed by atoms with van der Waals surface area (Å²) in [6, 6.07) is 13.3. The summed E-state index contributed by atoms with van der Waals surface area (Å²) in [7, 11) is 0. The number of hydrogen-bond acceptors (Lipinski definition) is 4. The Hall–Kier alpha value is -2.73. The third kappa shape index (κ3) is 3.25. The Kier molecular flexibility index (Phi) is 4.19. The van der Waals surface area contributed by atoms with Crippen molar-refractivity contribution in [3.05, 3.63) is 60.0 Å². The van der Waals surface area contributed by atoms with E-state index in [0.29, 0.717) is 25.0 Å². The molecule has 6 nitrogen and oxygen atoms in total. The zero-order valence-corrected chi connectivity index (χ0v) is 13.7. The van der Waals surface area contributed by atoms with Crippen molar-refractivity contribution in [2.75, 3.05) is 0 Å². The van der Waals surface area contributed by atoms with E-state index in [9.17, 15) is 9.90 Å². The minimum atomic E-state index is -0.264. The zero-order valence-electron chi connectivity index (χ0n) is 13.7. The van der Waals surface area contributed by atoms with Gasteiger partial charge in [-0.25, -0.2) is 0 Å². The Morgan fingerprint density at radius 1 is 1.24 bits per heavy atom. The van der Waals surface area contributed by atoms with E-state index < -0.39 is 0 Å². The zero-order chi connectivity index (χ0) is 17.2. The van der Waals surface area contributed by atoms with Gasteiger partial charge in [-0.2, -0.15) is 5.10 Å². The number of aliphatic hydroxyl groups excluding tert-OH is 1. The Labute approximate surface area is 145 Å². The molecule has 1 aromatic carbocycles. The van der Waals surface area contributed by atoms with Gasteiger partial charge in [0.15, 0.2) is 5.69 Å². The van der Waals surface area contributed by atoms with E-state index in [4.69, 9.17) is 0 Å². The minimum Gasteiger partial charge on any atom is -0.393 e. The molecule has 0 spiro atoms. The number of aliphatic hydroxyl groups is 1. The van der Waals surface area contributed by atoms with E-state index in [1.807, 2.05) is 42.5 Å². The summed E-state index contributed by atoms with van der Waals surface area (Å²) in [5, 5.41) is 20.6. The maximum atomic E-state index is 12.8. The molecule has 4 rings (SSSR count). The molecule has 3 aromatic rings. The molecular weight excluding hydrogens is 316 g/mol. The maximum absolute atomic E-state index is 12.8. The van der Waals surface area contributed by atoms with E-state index in [0.717, 1.165) is 16.6 Å². The number of nitrogens with one attached hydrogen (secondary N) is 2. The molecule has 0 aliphatic heterocycles. The Morgan fingerprint density at radius 2 is 2.04 bits per heavy atom. The van der Waals surface area contributed by atoms with Crippen molar-refractivity contribution in [2.45, 2.75) is 31.4 Å². The highest BCUT2D eigenvalue weighted by Gasteiger charge is 2.35. The summed E-state index contributed by atoms with van der Waals surface area (Å²) >= 11 is 0. The molecule has 0 radical (unpaired) electrons. The van der Waals surface area contributed by atoms with Crippen molar-refractivity contribution in [1.29, 1.82) is 0 Å². The van der Waals surface area contributed by atoms with Crippen LogP contribution in [-0.4, -0.2) is 38.3 Å². The number of fused-ring (bicyclic) bond motifs is 1. The van der Waals surface area contributed by atoms with E-state index in [1.54, 1.807) is 6.20 Å². The number of aromatic amines is 1. The van der Waals surface area contributed by atoms with Crippen LogP contribution < -0.4 is 5.32 Å². The average molecular weight is 336 g/mol. The number of amides is 1. The molecule has 1 unspecified atom stereocenters. The molecule has 1 aliphatic carbocycles. The highest BCUT2D eigenvalue weighted by molar-refractivity contribution is 6.04. The van der Waals surface area contributed by atoms with Gasteiger partial charge in [0.05, 0.1) is 11.6 Å². The topological polar surface area (TPSA) is 90.9 Å². The Balaban J connectivity index is 1.54. The molecule has 1 saturated carbocycles.